The van der Waals surface area contributed by atoms with Gasteiger partial charge in [-0.3, -0.25) is 9.59 Å². The van der Waals surface area contributed by atoms with Crippen LogP contribution in [0.15, 0.2) is 89.1 Å². The van der Waals surface area contributed by atoms with E-state index in [2.05, 4.69) is 10.6 Å². The molecule has 0 aliphatic heterocycles. The largest absolute Gasteiger partial charge is 0.484 e. The standard InChI is InChI=1S/C30H28N2O5S2/c1-19-12-14-21(15-13-19)25-18-38-29(27(25)30(35)36-3)32-28(34)20(2)39-24-11-7-8-22(16-24)31-26(33)17-37-23-9-5-4-6-10-23/h4-16,18,20H,17H2,1-3H3,(H,31,33)(H,32,34). The van der Waals surface area contributed by atoms with Crippen molar-refractivity contribution < 1.29 is 23.9 Å². The van der Waals surface area contributed by atoms with E-state index < -0.39 is 11.2 Å². The number of ether oxygens (including phenoxy) is 2. The minimum Gasteiger partial charge on any atom is -0.484 e. The summed E-state index contributed by atoms with van der Waals surface area (Å²) in [6, 6.07) is 24.2. The maximum atomic E-state index is 13.1. The van der Waals surface area contributed by atoms with Gasteiger partial charge in [0.25, 0.3) is 5.91 Å². The Morgan fingerprint density at radius 3 is 2.41 bits per heavy atom. The lowest BCUT2D eigenvalue weighted by molar-refractivity contribution is -0.118. The highest BCUT2D eigenvalue weighted by Crippen LogP contribution is 2.37. The molecule has 0 spiro atoms. The van der Waals surface area contributed by atoms with E-state index in [0.717, 1.165) is 16.0 Å². The number of nitrogens with one attached hydrogen (secondary N) is 2. The topological polar surface area (TPSA) is 93.7 Å². The molecule has 0 bridgehead atoms. The number of thiophene rings is 1. The van der Waals surface area contributed by atoms with E-state index >= 15 is 0 Å². The molecule has 1 atom stereocenters. The number of methoxy groups -OCH3 is 1. The molecule has 39 heavy (non-hydrogen) atoms. The van der Waals surface area contributed by atoms with E-state index in [1.165, 1.54) is 30.2 Å². The van der Waals surface area contributed by atoms with Gasteiger partial charge in [0.2, 0.25) is 5.91 Å². The molecule has 0 radical (unpaired) electrons. The van der Waals surface area contributed by atoms with Crippen molar-refractivity contribution in [2.45, 2.75) is 24.0 Å². The smallest absolute Gasteiger partial charge is 0.341 e. The molecule has 1 heterocycles. The second kappa shape index (κ2) is 13.1. The fourth-order valence-corrected chi connectivity index (χ4v) is 5.57. The number of benzene rings is 3. The quantitative estimate of drug-likeness (QED) is 0.167. The summed E-state index contributed by atoms with van der Waals surface area (Å²) >= 11 is 2.62. The normalized spacial score (nSPS) is 11.4. The van der Waals surface area contributed by atoms with Crippen LogP contribution in [0, 0.1) is 6.92 Å². The second-order valence-electron chi connectivity index (χ2n) is 8.64. The number of esters is 1. The molecule has 9 heteroatoms. The van der Waals surface area contributed by atoms with Crippen molar-refractivity contribution in [1.82, 2.24) is 0 Å². The van der Waals surface area contributed by atoms with Gasteiger partial charge in [-0.25, -0.2) is 4.79 Å². The number of carbonyl (C=O) groups is 3. The number of thioether (sulfide) groups is 1. The minimum absolute atomic E-state index is 0.117. The number of rotatable bonds is 10. The van der Waals surface area contributed by atoms with Crippen LogP contribution in [0.4, 0.5) is 10.7 Å². The van der Waals surface area contributed by atoms with Crippen LogP contribution in [0.25, 0.3) is 11.1 Å². The van der Waals surface area contributed by atoms with Crippen LogP contribution in [0.1, 0.15) is 22.8 Å². The third-order valence-electron chi connectivity index (χ3n) is 5.69. The Morgan fingerprint density at radius 1 is 0.949 bits per heavy atom. The predicted molar refractivity (Wildman–Crippen MR) is 157 cm³/mol. The number of hydrogen-bond acceptors (Lipinski definition) is 7. The lowest BCUT2D eigenvalue weighted by atomic mass is 10.0. The molecule has 7 nitrogen and oxygen atoms in total. The zero-order valence-electron chi connectivity index (χ0n) is 21.7. The fraction of sp³-hybridized carbons (Fsp3) is 0.167. The molecule has 0 aliphatic carbocycles. The molecule has 3 aromatic carbocycles. The molecule has 2 N–H and O–H groups in total. The summed E-state index contributed by atoms with van der Waals surface area (Å²) in [6.07, 6.45) is 0. The molecule has 200 valence electrons. The van der Waals surface area contributed by atoms with Crippen LogP contribution >= 0.6 is 23.1 Å². The van der Waals surface area contributed by atoms with E-state index in [0.29, 0.717) is 27.6 Å². The maximum Gasteiger partial charge on any atom is 0.341 e. The Labute approximate surface area is 235 Å². The van der Waals surface area contributed by atoms with E-state index in [-0.39, 0.29) is 18.4 Å². The Hall–Kier alpha value is -4.08. The van der Waals surface area contributed by atoms with Gasteiger partial charge in [-0.05, 0) is 49.7 Å². The van der Waals surface area contributed by atoms with Crippen molar-refractivity contribution in [3.8, 4) is 16.9 Å². The average molecular weight is 561 g/mol. The summed E-state index contributed by atoms with van der Waals surface area (Å²) in [5.74, 6) is -0.441. The Morgan fingerprint density at radius 2 is 1.69 bits per heavy atom. The molecular weight excluding hydrogens is 532 g/mol. The van der Waals surface area contributed by atoms with E-state index in [9.17, 15) is 14.4 Å². The van der Waals surface area contributed by atoms with E-state index in [1.54, 1.807) is 31.2 Å². The highest BCUT2D eigenvalue weighted by Gasteiger charge is 2.24. The molecule has 0 saturated heterocycles. The second-order valence-corrected chi connectivity index (χ2v) is 10.9. The number of anilines is 2. The predicted octanol–water partition coefficient (Wildman–Crippen LogP) is 6.65. The van der Waals surface area contributed by atoms with Crippen LogP contribution < -0.4 is 15.4 Å². The summed E-state index contributed by atoms with van der Waals surface area (Å²) in [5.41, 5.74) is 3.62. The van der Waals surface area contributed by atoms with Gasteiger partial charge < -0.3 is 20.1 Å². The summed E-state index contributed by atoms with van der Waals surface area (Å²) in [6.45, 7) is 3.66. The van der Waals surface area contributed by atoms with Crippen molar-refractivity contribution >= 4 is 51.6 Å². The first-order valence-corrected chi connectivity index (χ1v) is 13.9. The van der Waals surface area contributed by atoms with Gasteiger partial charge in [0.15, 0.2) is 6.61 Å². The van der Waals surface area contributed by atoms with Crippen molar-refractivity contribution in [2.24, 2.45) is 0 Å². The Kier molecular flexibility index (Phi) is 9.40. The lowest BCUT2D eigenvalue weighted by Crippen LogP contribution is -2.23. The molecule has 2 amide bonds. The van der Waals surface area contributed by atoms with Gasteiger partial charge in [0.05, 0.1) is 12.4 Å². The van der Waals surface area contributed by atoms with Gasteiger partial charge in [-0.15, -0.1) is 23.1 Å². The van der Waals surface area contributed by atoms with Crippen LogP contribution in [0.2, 0.25) is 0 Å². The van der Waals surface area contributed by atoms with Crippen molar-refractivity contribution in [1.29, 1.82) is 0 Å². The number of amides is 2. The van der Waals surface area contributed by atoms with Gasteiger partial charge in [0, 0.05) is 21.5 Å². The first-order chi connectivity index (χ1) is 18.8. The highest BCUT2D eigenvalue weighted by atomic mass is 32.2. The zero-order valence-corrected chi connectivity index (χ0v) is 23.4. The SMILES string of the molecule is COC(=O)c1c(-c2ccc(C)cc2)csc1NC(=O)C(C)Sc1cccc(NC(=O)COc2ccccc2)c1. The van der Waals surface area contributed by atoms with Crippen molar-refractivity contribution in [2.75, 3.05) is 24.4 Å². The van der Waals surface area contributed by atoms with Crippen molar-refractivity contribution in [3.63, 3.8) is 0 Å². The monoisotopic (exact) mass is 560 g/mol. The number of aryl methyl sites for hydroxylation is 1. The van der Waals surface area contributed by atoms with Gasteiger partial charge in [-0.1, -0.05) is 54.1 Å². The molecule has 1 aromatic heterocycles. The first-order valence-electron chi connectivity index (χ1n) is 12.2. The third kappa shape index (κ3) is 7.49. The van der Waals surface area contributed by atoms with Gasteiger partial charge >= 0.3 is 5.97 Å². The van der Waals surface area contributed by atoms with Crippen molar-refractivity contribution in [3.05, 3.63) is 95.4 Å². The molecule has 0 aliphatic rings. The maximum absolute atomic E-state index is 13.1. The van der Waals surface area contributed by atoms with Crippen LogP contribution in [-0.2, 0) is 14.3 Å². The summed E-state index contributed by atoms with van der Waals surface area (Å²) in [4.78, 5) is 38.9. The first kappa shape index (κ1) is 27.9. The summed E-state index contributed by atoms with van der Waals surface area (Å²) < 4.78 is 10.5. The van der Waals surface area contributed by atoms with Crippen LogP contribution in [0.5, 0.6) is 5.75 Å². The van der Waals surface area contributed by atoms with E-state index in [4.69, 9.17) is 9.47 Å². The molecule has 4 aromatic rings. The molecule has 4 rings (SSSR count). The van der Waals surface area contributed by atoms with Gasteiger partial charge in [-0.2, -0.15) is 0 Å². The average Bonchev–Trinajstić information content (AvgIpc) is 3.36. The molecule has 0 saturated carbocycles. The molecular formula is C30H28N2O5S2. The summed E-state index contributed by atoms with van der Waals surface area (Å²) in [5, 5.41) is 7.52. The van der Waals surface area contributed by atoms with Crippen LogP contribution in [0.3, 0.4) is 0 Å². The molecule has 1 unspecified atom stereocenters. The minimum atomic E-state index is -0.512. The Balaban J connectivity index is 1.39. The lowest BCUT2D eigenvalue weighted by Gasteiger charge is -2.13. The summed E-state index contributed by atoms with van der Waals surface area (Å²) in [7, 11) is 1.32. The number of hydrogen-bond donors (Lipinski definition) is 2. The highest BCUT2D eigenvalue weighted by molar-refractivity contribution is 8.00. The van der Waals surface area contributed by atoms with E-state index in [1.807, 2.05) is 66.9 Å². The number of carbonyl (C=O) groups excluding carboxylic acids is 3. The molecule has 0 fully saturated rings. The number of para-hydroxylation sites is 1. The zero-order chi connectivity index (χ0) is 27.8. The van der Waals surface area contributed by atoms with Crippen LogP contribution in [-0.4, -0.2) is 36.8 Å². The fourth-order valence-electron chi connectivity index (χ4n) is 3.68. The third-order valence-corrected chi connectivity index (χ3v) is 7.68. The Bertz CT molecular complexity index is 1450. The van der Waals surface area contributed by atoms with Gasteiger partial charge in [0.1, 0.15) is 16.3 Å².